The van der Waals surface area contributed by atoms with Gasteiger partial charge in [-0.25, -0.2) is 0 Å². The zero-order valence-corrected chi connectivity index (χ0v) is 11.4. The SMILES string of the molecule is CCCC(CCO)CNC1CCc2ccccc21. The van der Waals surface area contributed by atoms with Gasteiger partial charge in [0.15, 0.2) is 0 Å². The van der Waals surface area contributed by atoms with Crippen LogP contribution >= 0.6 is 0 Å². The average Bonchev–Trinajstić information content (AvgIpc) is 2.80. The van der Waals surface area contributed by atoms with Crippen LogP contribution in [0.15, 0.2) is 24.3 Å². The smallest absolute Gasteiger partial charge is 0.0434 e. The Morgan fingerprint density at radius 2 is 2.17 bits per heavy atom. The molecule has 2 N–H and O–H groups in total. The van der Waals surface area contributed by atoms with Crippen LogP contribution in [0.2, 0.25) is 0 Å². The van der Waals surface area contributed by atoms with Crippen LogP contribution in [0.3, 0.4) is 0 Å². The second-order valence-corrected chi connectivity index (χ2v) is 5.37. The second-order valence-electron chi connectivity index (χ2n) is 5.37. The number of aliphatic hydroxyl groups is 1. The van der Waals surface area contributed by atoms with Crippen LogP contribution in [0.5, 0.6) is 0 Å². The predicted octanol–water partition coefficient (Wildman–Crippen LogP) is 3.06. The van der Waals surface area contributed by atoms with E-state index in [9.17, 15) is 0 Å². The van der Waals surface area contributed by atoms with Gasteiger partial charge >= 0.3 is 0 Å². The van der Waals surface area contributed by atoms with Gasteiger partial charge in [0.25, 0.3) is 0 Å². The van der Waals surface area contributed by atoms with Gasteiger partial charge in [-0.3, -0.25) is 0 Å². The third-order valence-corrected chi connectivity index (χ3v) is 4.02. The van der Waals surface area contributed by atoms with Gasteiger partial charge in [0.05, 0.1) is 0 Å². The molecule has 2 heteroatoms. The summed E-state index contributed by atoms with van der Waals surface area (Å²) in [6.45, 7) is 3.57. The van der Waals surface area contributed by atoms with E-state index in [1.165, 1.54) is 36.8 Å². The van der Waals surface area contributed by atoms with Gasteiger partial charge in [0.2, 0.25) is 0 Å². The third-order valence-electron chi connectivity index (χ3n) is 4.02. The Kier molecular flexibility index (Phi) is 5.21. The van der Waals surface area contributed by atoms with Crippen molar-refractivity contribution in [3.8, 4) is 0 Å². The van der Waals surface area contributed by atoms with E-state index in [1.807, 2.05) is 0 Å². The summed E-state index contributed by atoms with van der Waals surface area (Å²) in [6, 6.07) is 9.29. The minimum atomic E-state index is 0.313. The Morgan fingerprint density at radius 3 is 2.94 bits per heavy atom. The third kappa shape index (κ3) is 3.33. The maximum absolute atomic E-state index is 9.09. The van der Waals surface area contributed by atoms with Crippen molar-refractivity contribution in [1.82, 2.24) is 5.32 Å². The molecule has 0 fully saturated rings. The van der Waals surface area contributed by atoms with E-state index in [-0.39, 0.29) is 0 Å². The van der Waals surface area contributed by atoms with E-state index < -0.39 is 0 Å². The highest BCUT2D eigenvalue weighted by atomic mass is 16.3. The fraction of sp³-hybridized carbons (Fsp3) is 0.625. The van der Waals surface area contributed by atoms with E-state index in [0.29, 0.717) is 18.6 Å². The normalized spacial score (nSPS) is 19.8. The molecule has 2 unspecified atom stereocenters. The van der Waals surface area contributed by atoms with Crippen LogP contribution in [0.4, 0.5) is 0 Å². The van der Waals surface area contributed by atoms with Crippen LogP contribution in [-0.4, -0.2) is 18.3 Å². The summed E-state index contributed by atoms with van der Waals surface area (Å²) in [5.74, 6) is 0.618. The first-order chi connectivity index (χ1) is 8.85. The number of fused-ring (bicyclic) bond motifs is 1. The van der Waals surface area contributed by atoms with E-state index >= 15 is 0 Å². The topological polar surface area (TPSA) is 32.3 Å². The fourth-order valence-electron chi connectivity index (χ4n) is 3.02. The van der Waals surface area contributed by atoms with Crippen molar-refractivity contribution >= 4 is 0 Å². The maximum atomic E-state index is 9.09. The van der Waals surface area contributed by atoms with E-state index in [1.54, 1.807) is 0 Å². The molecule has 0 heterocycles. The molecule has 100 valence electrons. The van der Waals surface area contributed by atoms with Crippen molar-refractivity contribution < 1.29 is 5.11 Å². The summed E-state index contributed by atoms with van der Waals surface area (Å²) in [6.07, 6.45) is 5.76. The largest absolute Gasteiger partial charge is 0.396 e. The lowest BCUT2D eigenvalue weighted by Crippen LogP contribution is -2.26. The number of nitrogens with one attached hydrogen (secondary N) is 1. The van der Waals surface area contributed by atoms with Crippen LogP contribution in [0, 0.1) is 5.92 Å². The Bertz CT molecular complexity index is 358. The number of hydrogen-bond donors (Lipinski definition) is 2. The summed E-state index contributed by atoms with van der Waals surface area (Å²) in [5.41, 5.74) is 2.99. The molecule has 1 aromatic rings. The Morgan fingerprint density at radius 1 is 1.33 bits per heavy atom. The number of aryl methyl sites for hydroxylation is 1. The Labute approximate surface area is 110 Å². The van der Waals surface area contributed by atoms with Crippen LogP contribution in [-0.2, 0) is 6.42 Å². The van der Waals surface area contributed by atoms with Crippen molar-refractivity contribution in [3.63, 3.8) is 0 Å². The van der Waals surface area contributed by atoms with Gasteiger partial charge in [-0.15, -0.1) is 0 Å². The standard InChI is InChI=1S/C16H25NO/c1-2-5-13(10-11-18)12-17-16-9-8-14-6-3-4-7-15(14)16/h3-4,6-7,13,16-18H,2,5,8-12H2,1H3. The molecular formula is C16H25NO. The summed E-state index contributed by atoms with van der Waals surface area (Å²) >= 11 is 0. The fourth-order valence-corrected chi connectivity index (χ4v) is 3.02. The molecule has 2 rings (SSSR count). The molecule has 1 aliphatic carbocycles. The Balaban J connectivity index is 1.87. The molecule has 0 amide bonds. The predicted molar refractivity (Wildman–Crippen MR) is 75.6 cm³/mol. The summed E-state index contributed by atoms with van der Waals surface area (Å²) in [5, 5.41) is 12.8. The van der Waals surface area contributed by atoms with E-state index in [2.05, 4.69) is 36.5 Å². The van der Waals surface area contributed by atoms with Crippen LogP contribution in [0.25, 0.3) is 0 Å². The van der Waals surface area contributed by atoms with E-state index in [4.69, 9.17) is 5.11 Å². The van der Waals surface area contributed by atoms with Gasteiger partial charge in [0.1, 0.15) is 0 Å². The number of rotatable bonds is 7. The minimum Gasteiger partial charge on any atom is -0.396 e. The first-order valence-corrected chi connectivity index (χ1v) is 7.27. The lowest BCUT2D eigenvalue weighted by atomic mass is 9.99. The van der Waals surface area contributed by atoms with Gasteiger partial charge < -0.3 is 10.4 Å². The molecule has 0 radical (unpaired) electrons. The molecule has 2 atom stereocenters. The summed E-state index contributed by atoms with van der Waals surface area (Å²) < 4.78 is 0. The van der Waals surface area contributed by atoms with Gasteiger partial charge in [-0.1, -0.05) is 37.6 Å². The highest BCUT2D eigenvalue weighted by Gasteiger charge is 2.21. The number of aliphatic hydroxyl groups excluding tert-OH is 1. The molecule has 0 bridgehead atoms. The molecule has 1 aliphatic rings. The van der Waals surface area contributed by atoms with Gasteiger partial charge in [0, 0.05) is 12.6 Å². The van der Waals surface area contributed by atoms with Gasteiger partial charge in [-0.2, -0.15) is 0 Å². The highest BCUT2D eigenvalue weighted by molar-refractivity contribution is 5.34. The Hall–Kier alpha value is -0.860. The lowest BCUT2D eigenvalue weighted by molar-refractivity contribution is 0.245. The molecule has 2 nitrogen and oxygen atoms in total. The first kappa shape index (κ1) is 13.6. The zero-order valence-electron chi connectivity index (χ0n) is 11.4. The minimum absolute atomic E-state index is 0.313. The molecule has 1 aromatic carbocycles. The molecule has 0 aromatic heterocycles. The molecule has 0 aliphatic heterocycles. The molecule has 0 saturated heterocycles. The molecule has 0 spiro atoms. The highest BCUT2D eigenvalue weighted by Crippen LogP contribution is 2.30. The van der Waals surface area contributed by atoms with Crippen molar-refractivity contribution in [3.05, 3.63) is 35.4 Å². The van der Waals surface area contributed by atoms with Crippen LogP contribution in [0.1, 0.15) is 49.8 Å². The number of hydrogen-bond acceptors (Lipinski definition) is 2. The van der Waals surface area contributed by atoms with Crippen LogP contribution < -0.4 is 5.32 Å². The van der Waals surface area contributed by atoms with Crippen molar-refractivity contribution in [2.24, 2.45) is 5.92 Å². The zero-order chi connectivity index (χ0) is 12.8. The number of benzene rings is 1. The maximum Gasteiger partial charge on any atom is 0.0434 e. The molecule has 0 saturated carbocycles. The van der Waals surface area contributed by atoms with Crippen molar-refractivity contribution in [2.45, 2.75) is 45.1 Å². The average molecular weight is 247 g/mol. The molecular weight excluding hydrogens is 222 g/mol. The van der Waals surface area contributed by atoms with Gasteiger partial charge in [-0.05, 0) is 49.3 Å². The molecule has 18 heavy (non-hydrogen) atoms. The van der Waals surface area contributed by atoms with E-state index in [0.717, 1.165) is 13.0 Å². The quantitative estimate of drug-likeness (QED) is 0.776. The lowest BCUT2D eigenvalue weighted by Gasteiger charge is -2.20. The monoisotopic (exact) mass is 247 g/mol. The second kappa shape index (κ2) is 6.91. The van der Waals surface area contributed by atoms with Crippen molar-refractivity contribution in [1.29, 1.82) is 0 Å². The summed E-state index contributed by atoms with van der Waals surface area (Å²) in [4.78, 5) is 0. The summed E-state index contributed by atoms with van der Waals surface area (Å²) in [7, 11) is 0. The first-order valence-electron chi connectivity index (χ1n) is 7.27. The van der Waals surface area contributed by atoms with Crippen molar-refractivity contribution in [2.75, 3.05) is 13.2 Å².